The fraction of sp³-hybridized carbons (Fsp3) is 0.385. The number of aliphatic carboxylic acids is 1. The van der Waals surface area contributed by atoms with E-state index in [-0.39, 0.29) is 5.91 Å². The van der Waals surface area contributed by atoms with Gasteiger partial charge in [-0.2, -0.15) is 0 Å². The first kappa shape index (κ1) is 14.5. The molecule has 0 spiro atoms. The number of carbonyl (C=O) groups excluding carboxylic acids is 1. The van der Waals surface area contributed by atoms with Crippen molar-refractivity contribution < 1.29 is 14.7 Å². The average Bonchev–Trinajstić information content (AvgIpc) is 2.26. The van der Waals surface area contributed by atoms with Gasteiger partial charge in [-0.3, -0.25) is 4.79 Å². The predicted molar refractivity (Wildman–Crippen MR) is 70.0 cm³/mol. The minimum atomic E-state index is -1.26. The monoisotopic (exact) mass is 269 g/mol. The van der Waals surface area contributed by atoms with Crippen LogP contribution in [0.25, 0.3) is 0 Å². The maximum Gasteiger partial charge on any atom is 0.329 e. The lowest BCUT2D eigenvalue weighted by Gasteiger charge is -2.32. The normalized spacial score (nSPS) is 11.2. The third-order valence-electron chi connectivity index (χ3n) is 3.09. The second kappa shape index (κ2) is 4.98. The number of likely N-dealkylation sites (N-methyl/N-ethyl adjacent to an activating group) is 1. The molecule has 4 nitrogen and oxygen atoms in total. The van der Waals surface area contributed by atoms with E-state index in [9.17, 15) is 9.59 Å². The summed E-state index contributed by atoms with van der Waals surface area (Å²) in [6.45, 7) is 4.73. The smallest absolute Gasteiger partial charge is 0.329 e. The molecule has 0 aliphatic carbocycles. The summed E-state index contributed by atoms with van der Waals surface area (Å²) in [5.41, 5.74) is -0.0832. The molecule has 0 unspecified atom stereocenters. The van der Waals surface area contributed by atoms with Crippen LogP contribution >= 0.6 is 11.6 Å². The van der Waals surface area contributed by atoms with Gasteiger partial charge in [0.25, 0.3) is 5.91 Å². The number of nitrogens with zero attached hydrogens (tertiary/aromatic N) is 1. The van der Waals surface area contributed by atoms with E-state index in [2.05, 4.69) is 0 Å². The van der Waals surface area contributed by atoms with Crippen LogP contribution in [0.5, 0.6) is 0 Å². The minimum Gasteiger partial charge on any atom is -0.480 e. The Kier molecular flexibility index (Phi) is 4.02. The maximum atomic E-state index is 12.2. The van der Waals surface area contributed by atoms with Gasteiger partial charge in [0, 0.05) is 17.6 Å². The van der Waals surface area contributed by atoms with Crippen LogP contribution in [0.2, 0.25) is 5.02 Å². The van der Waals surface area contributed by atoms with Crippen LogP contribution in [0.4, 0.5) is 0 Å². The summed E-state index contributed by atoms with van der Waals surface area (Å²) in [4.78, 5) is 24.6. The number of aryl methyl sites for hydroxylation is 1. The largest absolute Gasteiger partial charge is 0.480 e. The van der Waals surface area contributed by atoms with Gasteiger partial charge in [-0.15, -0.1) is 0 Å². The number of hydrogen-bond acceptors (Lipinski definition) is 2. The van der Waals surface area contributed by atoms with Crippen molar-refractivity contribution >= 4 is 23.5 Å². The second-order valence-electron chi connectivity index (χ2n) is 4.69. The summed E-state index contributed by atoms with van der Waals surface area (Å²) in [7, 11) is 1.48. The molecule has 1 aromatic carbocycles. The first-order valence-electron chi connectivity index (χ1n) is 5.45. The van der Waals surface area contributed by atoms with Crippen molar-refractivity contribution in [2.45, 2.75) is 26.3 Å². The van der Waals surface area contributed by atoms with Gasteiger partial charge in [0.1, 0.15) is 5.54 Å². The first-order chi connectivity index (χ1) is 8.17. The summed E-state index contributed by atoms with van der Waals surface area (Å²) in [5.74, 6) is -1.39. The topological polar surface area (TPSA) is 57.6 Å². The molecule has 1 N–H and O–H groups in total. The highest BCUT2D eigenvalue weighted by Gasteiger charge is 2.35. The van der Waals surface area contributed by atoms with Crippen molar-refractivity contribution in [2.75, 3.05) is 7.05 Å². The van der Waals surface area contributed by atoms with E-state index in [4.69, 9.17) is 16.7 Å². The van der Waals surface area contributed by atoms with Crippen LogP contribution in [-0.2, 0) is 4.79 Å². The lowest BCUT2D eigenvalue weighted by Crippen LogP contribution is -2.50. The van der Waals surface area contributed by atoms with Gasteiger partial charge in [-0.25, -0.2) is 4.79 Å². The van der Waals surface area contributed by atoms with Gasteiger partial charge in [-0.05, 0) is 44.5 Å². The van der Waals surface area contributed by atoms with Crippen LogP contribution in [0.1, 0.15) is 29.8 Å². The van der Waals surface area contributed by atoms with E-state index in [1.807, 2.05) is 0 Å². The number of amides is 1. The first-order valence-corrected chi connectivity index (χ1v) is 5.83. The van der Waals surface area contributed by atoms with Gasteiger partial charge in [0.2, 0.25) is 0 Å². The Hall–Kier alpha value is -1.55. The lowest BCUT2D eigenvalue weighted by atomic mass is 10.0. The quantitative estimate of drug-likeness (QED) is 0.918. The molecule has 1 aromatic rings. The highest BCUT2D eigenvalue weighted by molar-refractivity contribution is 6.30. The van der Waals surface area contributed by atoms with Crippen molar-refractivity contribution in [2.24, 2.45) is 0 Å². The summed E-state index contributed by atoms with van der Waals surface area (Å²) in [5, 5.41) is 9.65. The molecular weight excluding hydrogens is 254 g/mol. The summed E-state index contributed by atoms with van der Waals surface area (Å²) >= 11 is 5.82. The van der Waals surface area contributed by atoms with E-state index in [1.165, 1.54) is 25.8 Å². The van der Waals surface area contributed by atoms with E-state index in [1.54, 1.807) is 25.1 Å². The van der Waals surface area contributed by atoms with E-state index in [0.29, 0.717) is 10.6 Å². The highest BCUT2D eigenvalue weighted by Crippen LogP contribution is 2.20. The Morgan fingerprint density at radius 2 is 1.89 bits per heavy atom. The predicted octanol–water partition coefficient (Wildman–Crippen LogP) is 2.58. The van der Waals surface area contributed by atoms with Gasteiger partial charge in [0.05, 0.1) is 0 Å². The number of carbonyl (C=O) groups is 2. The summed E-state index contributed by atoms with van der Waals surface area (Å²) in [6, 6.07) is 4.90. The lowest BCUT2D eigenvalue weighted by molar-refractivity contribution is -0.147. The molecule has 0 aliphatic rings. The Bertz CT molecular complexity index is 497. The molecule has 0 saturated heterocycles. The van der Waals surface area contributed by atoms with Crippen LogP contribution in [0.3, 0.4) is 0 Å². The molecule has 18 heavy (non-hydrogen) atoms. The number of carboxylic acid groups (broad SMARTS) is 1. The van der Waals surface area contributed by atoms with Crippen molar-refractivity contribution in [3.63, 3.8) is 0 Å². The van der Waals surface area contributed by atoms with Crippen LogP contribution in [0.15, 0.2) is 18.2 Å². The van der Waals surface area contributed by atoms with E-state index < -0.39 is 11.5 Å². The van der Waals surface area contributed by atoms with E-state index >= 15 is 0 Å². The second-order valence-corrected chi connectivity index (χ2v) is 5.12. The zero-order chi connectivity index (χ0) is 14.1. The molecule has 0 aromatic heterocycles. The van der Waals surface area contributed by atoms with Crippen LogP contribution < -0.4 is 0 Å². The van der Waals surface area contributed by atoms with E-state index in [0.717, 1.165) is 5.56 Å². The molecule has 0 fully saturated rings. The molecule has 0 heterocycles. The van der Waals surface area contributed by atoms with Crippen LogP contribution in [-0.4, -0.2) is 34.5 Å². The van der Waals surface area contributed by atoms with Crippen molar-refractivity contribution in [3.05, 3.63) is 34.3 Å². The number of benzene rings is 1. The third kappa shape index (κ3) is 2.64. The number of hydrogen-bond donors (Lipinski definition) is 1. The minimum absolute atomic E-state index is 0.337. The number of rotatable bonds is 3. The zero-order valence-electron chi connectivity index (χ0n) is 10.8. The average molecular weight is 270 g/mol. The Labute approximate surface area is 111 Å². The third-order valence-corrected chi connectivity index (χ3v) is 3.32. The standard InChI is InChI=1S/C13H16ClNO3/c1-8-7-9(14)5-6-10(8)11(16)15(4)13(2,3)12(17)18/h5-7H,1-4H3,(H,17,18). The van der Waals surface area contributed by atoms with Gasteiger partial charge in [0.15, 0.2) is 0 Å². The molecule has 98 valence electrons. The van der Waals surface area contributed by atoms with Crippen molar-refractivity contribution in [1.82, 2.24) is 4.90 Å². The molecule has 0 atom stereocenters. The van der Waals surface area contributed by atoms with Crippen molar-refractivity contribution in [1.29, 1.82) is 0 Å². The summed E-state index contributed by atoms with van der Waals surface area (Å²) in [6.07, 6.45) is 0. The fourth-order valence-electron chi connectivity index (χ4n) is 1.45. The Balaban J connectivity index is 3.11. The maximum absolute atomic E-state index is 12.2. The molecule has 1 amide bonds. The molecule has 0 aliphatic heterocycles. The highest BCUT2D eigenvalue weighted by atomic mass is 35.5. The van der Waals surface area contributed by atoms with Crippen molar-refractivity contribution in [3.8, 4) is 0 Å². The van der Waals surface area contributed by atoms with Crippen LogP contribution in [0, 0.1) is 6.92 Å². The van der Waals surface area contributed by atoms with Gasteiger partial charge in [-0.1, -0.05) is 11.6 Å². The Morgan fingerprint density at radius 3 is 2.33 bits per heavy atom. The van der Waals surface area contributed by atoms with Gasteiger partial charge >= 0.3 is 5.97 Å². The molecule has 0 bridgehead atoms. The fourth-order valence-corrected chi connectivity index (χ4v) is 1.67. The molecule has 1 rings (SSSR count). The SMILES string of the molecule is Cc1cc(Cl)ccc1C(=O)N(C)C(C)(C)C(=O)O. The molecule has 5 heteroatoms. The molecule has 0 saturated carbocycles. The zero-order valence-corrected chi connectivity index (χ0v) is 11.6. The van der Waals surface area contributed by atoms with Gasteiger partial charge < -0.3 is 10.0 Å². The molecule has 0 radical (unpaired) electrons. The number of halogens is 1. The number of carboxylic acids is 1. The molecular formula is C13H16ClNO3. The summed E-state index contributed by atoms with van der Waals surface area (Å²) < 4.78 is 0. The Morgan fingerprint density at radius 1 is 1.33 bits per heavy atom.